The van der Waals surface area contributed by atoms with Gasteiger partial charge in [0.05, 0.1) is 23.6 Å². The summed E-state index contributed by atoms with van der Waals surface area (Å²) >= 11 is 0. The van der Waals surface area contributed by atoms with Gasteiger partial charge in [-0.05, 0) is 75.1 Å². The number of halogens is 1. The number of piperidine rings is 1. The smallest absolute Gasteiger partial charge is 0.255 e. The molecule has 30 heavy (non-hydrogen) atoms. The second-order valence-corrected chi connectivity index (χ2v) is 7.94. The molecule has 0 unspecified atom stereocenters. The minimum absolute atomic E-state index is 0.239. The topological polar surface area (TPSA) is 50.2 Å². The third-order valence-electron chi connectivity index (χ3n) is 5.56. The fourth-order valence-electron chi connectivity index (χ4n) is 3.98. The summed E-state index contributed by atoms with van der Waals surface area (Å²) in [6, 6.07) is 14.1. The largest absolute Gasteiger partial charge is 0.370 e. The van der Waals surface area contributed by atoms with E-state index in [0.717, 1.165) is 48.6 Å². The first-order chi connectivity index (χ1) is 14.5. The van der Waals surface area contributed by atoms with Crippen LogP contribution in [0.5, 0.6) is 0 Å². The maximum atomic E-state index is 13.9. The number of carbonyl (C=O) groups excluding carboxylic acids is 1. The van der Waals surface area contributed by atoms with Crippen LogP contribution >= 0.6 is 0 Å². The summed E-state index contributed by atoms with van der Waals surface area (Å²) < 4.78 is 15.8. The van der Waals surface area contributed by atoms with Crippen molar-refractivity contribution in [1.82, 2.24) is 9.78 Å². The molecule has 1 aliphatic heterocycles. The number of aromatic nitrogens is 2. The third-order valence-corrected chi connectivity index (χ3v) is 5.56. The highest BCUT2D eigenvalue weighted by atomic mass is 19.1. The fraction of sp³-hybridized carbons (Fsp3) is 0.333. The van der Waals surface area contributed by atoms with Crippen LogP contribution in [0.25, 0.3) is 0 Å². The van der Waals surface area contributed by atoms with Crippen molar-refractivity contribution < 1.29 is 9.18 Å². The van der Waals surface area contributed by atoms with E-state index < -0.39 is 0 Å². The zero-order chi connectivity index (χ0) is 21.1. The first-order valence-corrected chi connectivity index (χ1v) is 10.5. The summed E-state index contributed by atoms with van der Waals surface area (Å²) in [4.78, 5) is 15.0. The van der Waals surface area contributed by atoms with E-state index in [0.29, 0.717) is 17.8 Å². The molecule has 0 saturated carbocycles. The molecule has 0 atom stereocenters. The Kier molecular flexibility index (Phi) is 5.84. The van der Waals surface area contributed by atoms with Gasteiger partial charge in [-0.3, -0.25) is 9.48 Å². The highest BCUT2D eigenvalue weighted by molar-refractivity contribution is 6.06. The minimum Gasteiger partial charge on any atom is -0.370 e. The minimum atomic E-state index is -0.355. The monoisotopic (exact) mass is 406 g/mol. The Hall–Kier alpha value is -3.15. The molecule has 0 radical (unpaired) electrons. The van der Waals surface area contributed by atoms with Gasteiger partial charge >= 0.3 is 0 Å². The number of rotatable bonds is 5. The van der Waals surface area contributed by atoms with Crippen LogP contribution in [-0.4, -0.2) is 28.8 Å². The van der Waals surface area contributed by atoms with Gasteiger partial charge in [0.25, 0.3) is 5.91 Å². The molecule has 1 amide bonds. The highest BCUT2D eigenvalue weighted by Crippen LogP contribution is 2.29. The van der Waals surface area contributed by atoms with Gasteiger partial charge in [0.1, 0.15) is 5.82 Å². The van der Waals surface area contributed by atoms with E-state index in [9.17, 15) is 9.18 Å². The van der Waals surface area contributed by atoms with Crippen LogP contribution in [0.4, 0.5) is 15.8 Å². The molecular weight excluding hydrogens is 379 g/mol. The number of amides is 1. The molecule has 4 rings (SSSR count). The fourth-order valence-corrected chi connectivity index (χ4v) is 3.98. The molecule has 0 bridgehead atoms. The lowest BCUT2D eigenvalue weighted by molar-refractivity contribution is 0.102. The van der Waals surface area contributed by atoms with Crippen LogP contribution in [0.2, 0.25) is 0 Å². The Bertz CT molecular complexity index is 1040. The predicted molar refractivity (Wildman–Crippen MR) is 118 cm³/mol. The number of nitrogens with one attached hydrogen (secondary N) is 1. The van der Waals surface area contributed by atoms with Gasteiger partial charge < -0.3 is 10.2 Å². The first-order valence-electron chi connectivity index (χ1n) is 10.5. The SMILES string of the molecule is Cc1cc(C)n(Cc2ccc(C(=O)Nc3cc(F)ccc3N3CCCCC3)cc2)n1. The summed E-state index contributed by atoms with van der Waals surface area (Å²) in [6.07, 6.45) is 3.44. The van der Waals surface area contributed by atoms with Crippen molar-refractivity contribution >= 4 is 17.3 Å². The van der Waals surface area contributed by atoms with Gasteiger partial charge in [0.15, 0.2) is 0 Å². The standard InChI is InChI=1S/C24H27FN4O/c1-17-14-18(2)29(27-17)16-19-6-8-20(9-7-19)24(30)26-22-15-21(25)10-11-23(22)28-12-4-3-5-13-28/h6-11,14-15H,3-5,12-13,16H2,1-2H3,(H,26,30). The molecule has 3 aromatic rings. The lowest BCUT2D eigenvalue weighted by Gasteiger charge is -2.30. The molecule has 1 aromatic heterocycles. The molecule has 1 aliphatic rings. The quantitative estimate of drug-likeness (QED) is 0.654. The predicted octanol–water partition coefficient (Wildman–Crippen LogP) is 4.93. The van der Waals surface area contributed by atoms with Gasteiger partial charge in [0.2, 0.25) is 0 Å². The molecule has 1 saturated heterocycles. The second-order valence-electron chi connectivity index (χ2n) is 7.94. The second kappa shape index (κ2) is 8.69. The molecule has 2 aromatic carbocycles. The van der Waals surface area contributed by atoms with Crippen LogP contribution in [0.3, 0.4) is 0 Å². The zero-order valence-corrected chi connectivity index (χ0v) is 17.5. The summed E-state index contributed by atoms with van der Waals surface area (Å²) in [5.74, 6) is -0.595. The van der Waals surface area contributed by atoms with Gasteiger partial charge in [-0.25, -0.2) is 4.39 Å². The van der Waals surface area contributed by atoms with Gasteiger partial charge in [-0.15, -0.1) is 0 Å². The maximum Gasteiger partial charge on any atom is 0.255 e. The first kappa shape index (κ1) is 20.1. The van der Waals surface area contributed by atoms with E-state index >= 15 is 0 Å². The Morgan fingerprint density at radius 1 is 1.03 bits per heavy atom. The Morgan fingerprint density at radius 2 is 1.77 bits per heavy atom. The van der Waals surface area contributed by atoms with Gasteiger partial charge in [0, 0.05) is 24.3 Å². The molecule has 5 nitrogen and oxygen atoms in total. The number of carbonyl (C=O) groups is 1. The van der Waals surface area contributed by atoms with Gasteiger partial charge in [-0.2, -0.15) is 5.10 Å². The van der Waals surface area contributed by atoms with E-state index in [4.69, 9.17) is 0 Å². The summed E-state index contributed by atoms with van der Waals surface area (Å²) in [6.45, 7) is 6.51. The maximum absolute atomic E-state index is 13.9. The number of hydrogen-bond acceptors (Lipinski definition) is 3. The Balaban J connectivity index is 1.49. The number of aryl methyl sites for hydroxylation is 2. The highest BCUT2D eigenvalue weighted by Gasteiger charge is 2.17. The average molecular weight is 407 g/mol. The zero-order valence-electron chi connectivity index (χ0n) is 17.5. The van der Waals surface area contributed by atoms with Crippen molar-refractivity contribution in [3.05, 3.63) is 76.9 Å². The molecule has 0 aliphatic carbocycles. The van der Waals surface area contributed by atoms with E-state index in [1.807, 2.05) is 36.7 Å². The Labute approximate surface area is 176 Å². The van der Waals surface area contributed by atoms with Crippen LogP contribution < -0.4 is 10.2 Å². The van der Waals surface area contributed by atoms with E-state index in [1.54, 1.807) is 18.2 Å². The number of hydrogen-bond donors (Lipinski definition) is 1. The molecule has 0 spiro atoms. The molecule has 1 N–H and O–H groups in total. The number of benzene rings is 2. The van der Waals surface area contributed by atoms with E-state index in [1.165, 1.54) is 18.6 Å². The number of nitrogens with zero attached hydrogens (tertiary/aromatic N) is 3. The molecular formula is C24H27FN4O. The van der Waals surface area contributed by atoms with Crippen LogP contribution in [0.15, 0.2) is 48.5 Å². The van der Waals surface area contributed by atoms with Crippen molar-refractivity contribution in [1.29, 1.82) is 0 Å². The van der Waals surface area contributed by atoms with E-state index in [-0.39, 0.29) is 11.7 Å². The van der Waals surface area contributed by atoms with Crippen molar-refractivity contribution in [2.45, 2.75) is 39.7 Å². The molecule has 6 heteroatoms. The van der Waals surface area contributed by atoms with Crippen LogP contribution in [-0.2, 0) is 6.54 Å². The summed E-state index contributed by atoms with van der Waals surface area (Å²) in [5.41, 5.74) is 5.10. The summed E-state index contributed by atoms with van der Waals surface area (Å²) in [7, 11) is 0. The molecule has 1 fully saturated rings. The lowest BCUT2D eigenvalue weighted by atomic mass is 10.1. The van der Waals surface area contributed by atoms with Crippen molar-refractivity contribution in [2.24, 2.45) is 0 Å². The number of anilines is 2. The van der Waals surface area contributed by atoms with Crippen LogP contribution in [0, 0.1) is 19.7 Å². The molecule has 156 valence electrons. The normalized spacial score (nSPS) is 14.0. The Morgan fingerprint density at radius 3 is 2.43 bits per heavy atom. The third kappa shape index (κ3) is 4.53. The van der Waals surface area contributed by atoms with Gasteiger partial charge in [-0.1, -0.05) is 12.1 Å². The molecule has 2 heterocycles. The van der Waals surface area contributed by atoms with Crippen molar-refractivity contribution in [3.63, 3.8) is 0 Å². The lowest BCUT2D eigenvalue weighted by Crippen LogP contribution is -2.30. The average Bonchev–Trinajstić information content (AvgIpc) is 3.06. The van der Waals surface area contributed by atoms with Crippen molar-refractivity contribution in [2.75, 3.05) is 23.3 Å². The van der Waals surface area contributed by atoms with Crippen molar-refractivity contribution in [3.8, 4) is 0 Å². The summed E-state index contributed by atoms with van der Waals surface area (Å²) in [5, 5.41) is 7.39. The van der Waals surface area contributed by atoms with E-state index in [2.05, 4.69) is 15.3 Å². The van der Waals surface area contributed by atoms with Crippen LogP contribution in [0.1, 0.15) is 46.6 Å².